The van der Waals surface area contributed by atoms with Gasteiger partial charge in [-0.3, -0.25) is 24.0 Å². The lowest BCUT2D eigenvalue weighted by Crippen LogP contribution is -2.53. The molecule has 15 heteroatoms. The second kappa shape index (κ2) is 15.5. The van der Waals surface area contributed by atoms with Crippen LogP contribution in [0.4, 0.5) is 11.4 Å². The number of aryl methyl sites for hydroxylation is 1. The smallest absolute Gasteiger partial charge is 0.273 e. The molecule has 1 N–H and O–H groups in total. The van der Waals surface area contributed by atoms with E-state index in [1.807, 2.05) is 0 Å². The van der Waals surface area contributed by atoms with Crippen LogP contribution >= 0.6 is 34.8 Å². The van der Waals surface area contributed by atoms with Crippen molar-refractivity contribution in [3.8, 4) is 5.75 Å². The first kappa shape index (κ1) is 36.3. The predicted octanol–water partition coefficient (Wildman–Crippen LogP) is 6.93. The molecule has 47 heavy (non-hydrogen) atoms. The summed E-state index contributed by atoms with van der Waals surface area (Å²) in [6, 6.07) is 11.3. The van der Waals surface area contributed by atoms with Gasteiger partial charge < -0.3 is 15.0 Å². The first-order chi connectivity index (χ1) is 22.2. The van der Waals surface area contributed by atoms with Crippen LogP contribution in [0.2, 0.25) is 15.1 Å². The Kier molecular flexibility index (Phi) is 12.0. The van der Waals surface area contributed by atoms with E-state index in [2.05, 4.69) is 5.32 Å². The average Bonchev–Trinajstić information content (AvgIpc) is 3.03. The second-order valence-electron chi connectivity index (χ2n) is 11.3. The molecular weight excluding hydrogens is 691 g/mol. The van der Waals surface area contributed by atoms with Gasteiger partial charge in [0.25, 0.3) is 15.7 Å². The maximum absolute atomic E-state index is 14.3. The van der Waals surface area contributed by atoms with Gasteiger partial charge >= 0.3 is 0 Å². The molecule has 252 valence electrons. The van der Waals surface area contributed by atoms with Gasteiger partial charge in [0.1, 0.15) is 18.3 Å². The Morgan fingerprint density at radius 3 is 2.32 bits per heavy atom. The number of ether oxygens (including phenoxy) is 1. The van der Waals surface area contributed by atoms with Crippen molar-refractivity contribution >= 4 is 68.0 Å². The minimum absolute atomic E-state index is 0.0419. The second-order valence-corrected chi connectivity index (χ2v) is 14.5. The fourth-order valence-corrected chi connectivity index (χ4v) is 7.50. The molecule has 3 aromatic rings. The molecule has 1 saturated carbocycles. The third-order valence-corrected chi connectivity index (χ3v) is 10.7. The lowest BCUT2D eigenvalue weighted by molar-refractivity contribution is -0.385. The molecule has 4 rings (SSSR count). The van der Waals surface area contributed by atoms with Gasteiger partial charge in [0.05, 0.1) is 22.6 Å². The van der Waals surface area contributed by atoms with Crippen molar-refractivity contribution in [2.24, 2.45) is 0 Å². The highest BCUT2D eigenvalue weighted by Gasteiger charge is 2.35. The summed E-state index contributed by atoms with van der Waals surface area (Å²) >= 11 is 18.8. The highest BCUT2D eigenvalue weighted by molar-refractivity contribution is 7.92. The monoisotopic (exact) mass is 724 g/mol. The van der Waals surface area contributed by atoms with Gasteiger partial charge in [0.2, 0.25) is 11.8 Å². The maximum atomic E-state index is 14.3. The lowest BCUT2D eigenvalue weighted by Gasteiger charge is -2.33. The number of amides is 2. The maximum Gasteiger partial charge on any atom is 0.273 e. The Labute approximate surface area is 288 Å². The fraction of sp³-hybridized carbons (Fsp3) is 0.375. The number of nitro groups is 1. The number of carbonyl (C=O) groups is 2. The molecular formula is C32H35Cl3N4O7S. The standard InChI is InChI=1S/C32H35Cl3N4O7S/c1-20-9-13-26(17-28(20)39(42)43)47(44,45)38(29-16-24(34)12-14-30(29)46-3)19-31(40)37(18-22-10-11-23(33)15-27(22)35)21(2)32(41)36-25-7-5-4-6-8-25/h9-17,21,25H,4-8,18-19H2,1-3H3,(H,36,41)/t21-/m0/s1. The van der Waals surface area contributed by atoms with Crippen LogP contribution < -0.4 is 14.4 Å². The molecule has 0 radical (unpaired) electrons. The average molecular weight is 726 g/mol. The van der Waals surface area contributed by atoms with E-state index < -0.39 is 49.9 Å². The number of hydrogen-bond donors (Lipinski definition) is 1. The first-order valence-electron chi connectivity index (χ1n) is 14.9. The number of anilines is 1. The van der Waals surface area contributed by atoms with Crippen molar-refractivity contribution < 1.29 is 27.7 Å². The Balaban J connectivity index is 1.79. The Hall–Kier alpha value is -3.58. The van der Waals surface area contributed by atoms with E-state index in [1.54, 1.807) is 19.1 Å². The van der Waals surface area contributed by atoms with Crippen molar-refractivity contribution in [2.75, 3.05) is 18.0 Å². The summed E-state index contributed by atoms with van der Waals surface area (Å²) in [7, 11) is -3.34. The van der Waals surface area contributed by atoms with E-state index in [0.29, 0.717) is 10.6 Å². The molecule has 1 fully saturated rings. The number of carbonyl (C=O) groups excluding carboxylic acids is 2. The number of sulfonamides is 1. The normalized spacial score (nSPS) is 14.3. The molecule has 0 saturated heterocycles. The lowest BCUT2D eigenvalue weighted by atomic mass is 9.95. The quantitative estimate of drug-likeness (QED) is 0.158. The third kappa shape index (κ3) is 8.67. The van der Waals surface area contributed by atoms with Gasteiger partial charge in [0.15, 0.2) is 0 Å². The number of nitro benzene ring substituents is 1. The van der Waals surface area contributed by atoms with Crippen molar-refractivity contribution in [3.05, 3.63) is 90.9 Å². The summed E-state index contributed by atoms with van der Waals surface area (Å²) in [5.41, 5.74) is 0.231. The van der Waals surface area contributed by atoms with Gasteiger partial charge in [0, 0.05) is 39.3 Å². The zero-order valence-corrected chi connectivity index (χ0v) is 29.1. The zero-order chi connectivity index (χ0) is 34.5. The Bertz CT molecular complexity index is 1770. The van der Waals surface area contributed by atoms with E-state index in [4.69, 9.17) is 39.5 Å². The summed E-state index contributed by atoms with van der Waals surface area (Å²) in [6.07, 6.45) is 4.68. The summed E-state index contributed by atoms with van der Waals surface area (Å²) < 4.78 is 34.8. The number of nitrogens with zero attached hydrogens (tertiary/aromatic N) is 3. The van der Waals surface area contributed by atoms with E-state index in [-0.39, 0.29) is 39.6 Å². The van der Waals surface area contributed by atoms with E-state index in [1.165, 1.54) is 55.3 Å². The number of halogens is 3. The summed E-state index contributed by atoms with van der Waals surface area (Å²) in [5.74, 6) is -1.09. The van der Waals surface area contributed by atoms with Crippen LogP contribution in [0, 0.1) is 17.0 Å². The van der Waals surface area contributed by atoms with Crippen molar-refractivity contribution in [3.63, 3.8) is 0 Å². The SMILES string of the molecule is COc1ccc(Cl)cc1N(CC(=O)N(Cc1ccc(Cl)cc1Cl)[C@@H](C)C(=O)NC1CCCCC1)S(=O)(=O)c1ccc(C)c([N+](=O)[O-])c1. The molecule has 3 aromatic carbocycles. The zero-order valence-electron chi connectivity index (χ0n) is 26.0. The van der Waals surface area contributed by atoms with E-state index in [9.17, 15) is 28.1 Å². The van der Waals surface area contributed by atoms with Crippen molar-refractivity contribution in [2.45, 2.75) is 69.5 Å². The number of nitrogens with one attached hydrogen (secondary N) is 1. The third-order valence-electron chi connectivity index (χ3n) is 8.13. The van der Waals surface area contributed by atoms with Crippen molar-refractivity contribution in [1.29, 1.82) is 0 Å². The van der Waals surface area contributed by atoms with E-state index >= 15 is 0 Å². The van der Waals surface area contributed by atoms with Gasteiger partial charge in [-0.15, -0.1) is 0 Å². The summed E-state index contributed by atoms with van der Waals surface area (Å²) in [5, 5.41) is 15.5. The predicted molar refractivity (Wildman–Crippen MR) is 182 cm³/mol. The molecule has 0 unspecified atom stereocenters. The van der Waals surface area contributed by atoms with Crippen molar-refractivity contribution in [1.82, 2.24) is 10.2 Å². The molecule has 0 aliphatic heterocycles. The molecule has 2 amide bonds. The van der Waals surface area contributed by atoms with Crippen LogP contribution in [-0.4, -0.2) is 55.8 Å². The molecule has 0 aromatic heterocycles. The van der Waals surface area contributed by atoms with Gasteiger partial charge in [-0.2, -0.15) is 0 Å². The van der Waals surface area contributed by atoms with Crippen LogP contribution in [0.25, 0.3) is 0 Å². The van der Waals surface area contributed by atoms with E-state index in [0.717, 1.165) is 42.5 Å². The van der Waals surface area contributed by atoms with Crippen LogP contribution in [0.5, 0.6) is 5.75 Å². The van der Waals surface area contributed by atoms with Crippen LogP contribution in [0.3, 0.4) is 0 Å². The number of rotatable bonds is 12. The number of benzene rings is 3. The van der Waals surface area contributed by atoms with Crippen LogP contribution in [-0.2, 0) is 26.2 Å². The number of methoxy groups -OCH3 is 1. The fourth-order valence-electron chi connectivity index (χ4n) is 5.43. The number of hydrogen-bond acceptors (Lipinski definition) is 7. The molecule has 1 aliphatic rings. The Morgan fingerprint density at radius 1 is 1.02 bits per heavy atom. The van der Waals surface area contributed by atoms with Gasteiger partial charge in [-0.25, -0.2) is 8.42 Å². The minimum atomic E-state index is -4.66. The minimum Gasteiger partial charge on any atom is -0.495 e. The topological polar surface area (TPSA) is 139 Å². The summed E-state index contributed by atoms with van der Waals surface area (Å²) in [6.45, 7) is 2.08. The molecule has 11 nitrogen and oxygen atoms in total. The largest absolute Gasteiger partial charge is 0.495 e. The summed E-state index contributed by atoms with van der Waals surface area (Å²) in [4.78, 5) is 39.7. The van der Waals surface area contributed by atoms with Crippen LogP contribution in [0.15, 0.2) is 59.5 Å². The highest BCUT2D eigenvalue weighted by atomic mass is 35.5. The van der Waals surface area contributed by atoms with Gasteiger partial charge in [-0.05, 0) is 68.7 Å². The molecule has 0 bridgehead atoms. The molecule has 1 aliphatic carbocycles. The first-order valence-corrected chi connectivity index (χ1v) is 17.5. The molecule has 1 atom stereocenters. The van der Waals surface area contributed by atoms with Crippen LogP contribution in [0.1, 0.15) is 50.2 Å². The Morgan fingerprint density at radius 2 is 1.68 bits per heavy atom. The highest BCUT2D eigenvalue weighted by Crippen LogP contribution is 2.36. The molecule has 0 heterocycles. The van der Waals surface area contributed by atoms with Gasteiger partial charge in [-0.1, -0.05) is 66.2 Å². The molecule has 0 spiro atoms.